The van der Waals surface area contributed by atoms with E-state index in [9.17, 15) is 8.42 Å². The summed E-state index contributed by atoms with van der Waals surface area (Å²) in [4.78, 5) is 0. The molecule has 1 unspecified atom stereocenters. The highest BCUT2D eigenvalue weighted by Crippen LogP contribution is 2.34. The maximum Gasteiger partial charge on any atom is 0.273 e. The highest BCUT2D eigenvalue weighted by Gasteiger charge is 2.51. The molecule has 1 aliphatic heterocycles. The highest BCUT2D eigenvalue weighted by atomic mass is 32.2. The lowest BCUT2D eigenvalue weighted by atomic mass is 10.1. The molecule has 1 aliphatic rings. The SMILES string of the molecule is CC1C(C)(C)OS1(=O)=O. The van der Waals surface area contributed by atoms with Gasteiger partial charge < -0.3 is 0 Å². The summed E-state index contributed by atoms with van der Waals surface area (Å²) >= 11 is 0. The summed E-state index contributed by atoms with van der Waals surface area (Å²) in [5.41, 5.74) is -0.473. The molecule has 1 atom stereocenters. The molecule has 0 saturated carbocycles. The van der Waals surface area contributed by atoms with Gasteiger partial charge in [-0.25, -0.2) is 0 Å². The molecule has 0 radical (unpaired) electrons. The Morgan fingerprint density at radius 1 is 1.44 bits per heavy atom. The molecule has 0 spiro atoms. The standard InChI is InChI=1S/C5H10O3S/c1-4-5(2,3)8-9(4,6)7/h4H,1-3H3. The van der Waals surface area contributed by atoms with Crippen LogP contribution in [0.5, 0.6) is 0 Å². The first-order valence-corrected chi connectivity index (χ1v) is 4.28. The molecule has 1 heterocycles. The van der Waals surface area contributed by atoms with Crippen LogP contribution in [0.1, 0.15) is 20.8 Å². The third kappa shape index (κ3) is 0.861. The van der Waals surface area contributed by atoms with Crippen molar-refractivity contribution >= 4 is 10.1 Å². The fourth-order valence-corrected chi connectivity index (χ4v) is 2.23. The fourth-order valence-electron chi connectivity index (χ4n) is 0.744. The van der Waals surface area contributed by atoms with E-state index < -0.39 is 15.7 Å². The molecule has 1 rings (SSSR count). The predicted octanol–water partition coefficient (Wildman–Crippen LogP) is 0.514. The van der Waals surface area contributed by atoms with Crippen molar-refractivity contribution in [3.05, 3.63) is 0 Å². The summed E-state index contributed by atoms with van der Waals surface area (Å²) in [7, 11) is -3.17. The monoisotopic (exact) mass is 150 g/mol. The highest BCUT2D eigenvalue weighted by molar-refractivity contribution is 7.88. The molecule has 3 nitrogen and oxygen atoms in total. The first-order valence-electron chi connectivity index (χ1n) is 2.81. The van der Waals surface area contributed by atoms with E-state index in [1.54, 1.807) is 20.8 Å². The first kappa shape index (κ1) is 7.02. The van der Waals surface area contributed by atoms with Crippen LogP contribution < -0.4 is 0 Å². The second-order valence-corrected chi connectivity index (χ2v) is 4.68. The summed E-state index contributed by atoms with van der Waals surface area (Å²) in [6, 6.07) is 0. The maximum atomic E-state index is 10.6. The summed E-state index contributed by atoms with van der Waals surface area (Å²) in [5.74, 6) is 0. The van der Waals surface area contributed by atoms with Gasteiger partial charge in [0.2, 0.25) is 0 Å². The lowest BCUT2D eigenvalue weighted by Gasteiger charge is -2.40. The lowest BCUT2D eigenvalue weighted by Crippen LogP contribution is -2.55. The van der Waals surface area contributed by atoms with Gasteiger partial charge in [-0.05, 0) is 20.8 Å². The Kier molecular flexibility index (Phi) is 1.16. The van der Waals surface area contributed by atoms with Crippen molar-refractivity contribution in [2.45, 2.75) is 31.6 Å². The molecule has 4 heteroatoms. The molecule has 0 bridgehead atoms. The van der Waals surface area contributed by atoms with Crippen LogP contribution >= 0.6 is 0 Å². The van der Waals surface area contributed by atoms with E-state index in [-0.39, 0.29) is 5.25 Å². The minimum atomic E-state index is -3.17. The zero-order valence-electron chi connectivity index (χ0n) is 5.71. The van der Waals surface area contributed by atoms with E-state index in [0.29, 0.717) is 0 Å². The van der Waals surface area contributed by atoms with Crippen molar-refractivity contribution in [3.8, 4) is 0 Å². The normalized spacial score (nSPS) is 37.4. The zero-order chi connectivity index (χ0) is 7.28. The molecule has 0 aromatic heterocycles. The number of hydrogen-bond acceptors (Lipinski definition) is 3. The molecule has 1 fully saturated rings. The molecule has 54 valence electrons. The second kappa shape index (κ2) is 1.49. The van der Waals surface area contributed by atoms with Gasteiger partial charge in [0.25, 0.3) is 10.1 Å². The molecule has 0 N–H and O–H groups in total. The van der Waals surface area contributed by atoms with E-state index in [1.165, 1.54) is 0 Å². The van der Waals surface area contributed by atoms with Crippen molar-refractivity contribution in [1.29, 1.82) is 0 Å². The zero-order valence-corrected chi connectivity index (χ0v) is 6.53. The van der Waals surface area contributed by atoms with E-state index >= 15 is 0 Å². The topological polar surface area (TPSA) is 43.4 Å². The third-order valence-corrected chi connectivity index (χ3v) is 3.84. The second-order valence-electron chi connectivity index (χ2n) is 2.82. The van der Waals surface area contributed by atoms with Crippen LogP contribution in [-0.4, -0.2) is 19.3 Å². The van der Waals surface area contributed by atoms with E-state index in [2.05, 4.69) is 4.18 Å². The van der Waals surface area contributed by atoms with Crippen molar-refractivity contribution in [2.75, 3.05) is 0 Å². The molecule has 1 saturated heterocycles. The molecule has 0 aromatic carbocycles. The average Bonchev–Trinajstić information content (AvgIpc) is 1.63. The van der Waals surface area contributed by atoms with Gasteiger partial charge in [-0.15, -0.1) is 0 Å². The van der Waals surface area contributed by atoms with Crippen LogP contribution in [0.25, 0.3) is 0 Å². The van der Waals surface area contributed by atoms with Crippen LogP contribution in [0.4, 0.5) is 0 Å². The van der Waals surface area contributed by atoms with E-state index in [4.69, 9.17) is 0 Å². The first-order chi connectivity index (χ1) is 3.86. The minimum Gasteiger partial charge on any atom is -0.262 e. The molecule has 0 aromatic rings. The van der Waals surface area contributed by atoms with Crippen molar-refractivity contribution in [3.63, 3.8) is 0 Å². The number of rotatable bonds is 0. The molecular weight excluding hydrogens is 140 g/mol. The van der Waals surface area contributed by atoms with Gasteiger partial charge in [-0.2, -0.15) is 8.42 Å². The Morgan fingerprint density at radius 2 is 1.89 bits per heavy atom. The lowest BCUT2D eigenvalue weighted by molar-refractivity contribution is 0.0583. The minimum absolute atomic E-state index is 0.356. The third-order valence-electron chi connectivity index (χ3n) is 1.74. The summed E-state index contributed by atoms with van der Waals surface area (Å²) in [5, 5.41) is -0.356. The smallest absolute Gasteiger partial charge is 0.262 e. The summed E-state index contributed by atoms with van der Waals surface area (Å²) in [6.45, 7) is 5.18. The van der Waals surface area contributed by atoms with E-state index in [1.807, 2.05) is 0 Å². The summed E-state index contributed by atoms with van der Waals surface area (Å²) < 4.78 is 25.8. The van der Waals surface area contributed by atoms with Crippen LogP contribution in [0.2, 0.25) is 0 Å². The van der Waals surface area contributed by atoms with Gasteiger partial charge in [0.15, 0.2) is 0 Å². The largest absolute Gasteiger partial charge is 0.273 e. The van der Waals surface area contributed by atoms with Gasteiger partial charge in [-0.3, -0.25) is 4.18 Å². The van der Waals surface area contributed by atoms with Crippen LogP contribution in [0.15, 0.2) is 0 Å². The average molecular weight is 150 g/mol. The molecule has 0 aliphatic carbocycles. The van der Waals surface area contributed by atoms with Gasteiger partial charge in [0.05, 0.1) is 0 Å². The van der Waals surface area contributed by atoms with Crippen LogP contribution in [0.3, 0.4) is 0 Å². The maximum absolute atomic E-state index is 10.6. The Balaban J connectivity index is 2.86. The van der Waals surface area contributed by atoms with Gasteiger partial charge >= 0.3 is 0 Å². The fraction of sp³-hybridized carbons (Fsp3) is 1.00. The predicted molar refractivity (Wildman–Crippen MR) is 33.5 cm³/mol. The molecule has 9 heavy (non-hydrogen) atoms. The quantitative estimate of drug-likeness (QED) is 0.473. The van der Waals surface area contributed by atoms with Crippen molar-refractivity contribution in [2.24, 2.45) is 0 Å². The van der Waals surface area contributed by atoms with Gasteiger partial charge in [-0.1, -0.05) is 0 Å². The number of hydrogen-bond donors (Lipinski definition) is 0. The van der Waals surface area contributed by atoms with Crippen LogP contribution in [0, 0.1) is 0 Å². The summed E-state index contributed by atoms with van der Waals surface area (Å²) in [6.07, 6.45) is 0. The Bertz CT molecular complexity index is 214. The molecular formula is C5H10O3S. The van der Waals surface area contributed by atoms with Crippen molar-refractivity contribution in [1.82, 2.24) is 0 Å². The Labute approximate surface area is 55.1 Å². The van der Waals surface area contributed by atoms with Crippen molar-refractivity contribution < 1.29 is 12.6 Å². The van der Waals surface area contributed by atoms with E-state index in [0.717, 1.165) is 0 Å². The Hall–Kier alpha value is -0.0900. The van der Waals surface area contributed by atoms with Gasteiger partial charge in [0, 0.05) is 0 Å². The molecule has 0 amide bonds. The van der Waals surface area contributed by atoms with Crippen LogP contribution in [-0.2, 0) is 14.3 Å². The van der Waals surface area contributed by atoms with Gasteiger partial charge in [0.1, 0.15) is 10.9 Å². The Morgan fingerprint density at radius 3 is 1.89 bits per heavy atom.